The van der Waals surface area contributed by atoms with Gasteiger partial charge in [-0.25, -0.2) is 8.42 Å². The molecule has 0 spiro atoms. The zero-order valence-corrected chi connectivity index (χ0v) is 18.7. The molecule has 8 nitrogen and oxygen atoms in total. The van der Waals surface area contributed by atoms with E-state index in [0.29, 0.717) is 35.3 Å². The Kier molecular flexibility index (Phi) is 5.10. The highest BCUT2D eigenvalue weighted by Gasteiger charge is 2.32. The number of amides is 1. The lowest BCUT2D eigenvalue weighted by atomic mass is 10.1. The number of aromatic nitrogens is 2. The van der Waals surface area contributed by atoms with Gasteiger partial charge in [0.2, 0.25) is 27.6 Å². The number of nitrogens with one attached hydrogen (secondary N) is 1. The molecule has 1 aliphatic heterocycles. The van der Waals surface area contributed by atoms with E-state index in [1.165, 1.54) is 6.07 Å². The molecule has 1 fully saturated rings. The molecular formula is C23H24N4O4S. The van der Waals surface area contributed by atoms with E-state index in [0.717, 1.165) is 30.5 Å². The Bertz CT molecular complexity index is 1300. The van der Waals surface area contributed by atoms with Gasteiger partial charge in [-0.3, -0.25) is 4.79 Å². The summed E-state index contributed by atoms with van der Waals surface area (Å²) in [6.45, 7) is 3.83. The quantitative estimate of drug-likeness (QED) is 0.616. The molecule has 0 unspecified atom stereocenters. The van der Waals surface area contributed by atoms with Gasteiger partial charge in [-0.1, -0.05) is 35.5 Å². The number of carbonyl (C=O) groups excluding carboxylic acids is 1. The lowest BCUT2D eigenvalue weighted by Crippen LogP contribution is -2.46. The molecule has 1 amide bonds. The monoisotopic (exact) mass is 452 g/mol. The van der Waals surface area contributed by atoms with E-state index in [4.69, 9.17) is 4.52 Å². The number of fused-ring (bicyclic) bond motifs is 1. The summed E-state index contributed by atoms with van der Waals surface area (Å²) in [5.74, 6) is 0.989. The van der Waals surface area contributed by atoms with Crippen LogP contribution in [0.1, 0.15) is 42.7 Å². The van der Waals surface area contributed by atoms with Crippen LogP contribution in [0.15, 0.2) is 51.9 Å². The van der Waals surface area contributed by atoms with Gasteiger partial charge in [0.05, 0.1) is 10.9 Å². The van der Waals surface area contributed by atoms with Crippen molar-refractivity contribution >= 4 is 21.6 Å². The number of benzene rings is 2. The molecular weight excluding hydrogens is 428 g/mol. The second-order valence-electron chi connectivity index (χ2n) is 8.42. The Labute approximate surface area is 186 Å². The van der Waals surface area contributed by atoms with Crippen LogP contribution in [0.4, 0.5) is 5.69 Å². The Hall–Kier alpha value is -3.04. The van der Waals surface area contributed by atoms with Crippen molar-refractivity contribution in [1.29, 1.82) is 0 Å². The lowest BCUT2D eigenvalue weighted by Gasteiger charge is -2.22. The van der Waals surface area contributed by atoms with Gasteiger partial charge in [0.25, 0.3) is 0 Å². The second-order valence-corrected chi connectivity index (χ2v) is 10.1. The average molecular weight is 453 g/mol. The Morgan fingerprint density at radius 3 is 2.78 bits per heavy atom. The number of carbonyl (C=O) groups is 1. The minimum Gasteiger partial charge on any atom is -0.339 e. The second kappa shape index (κ2) is 7.83. The maximum atomic E-state index is 13.2. The summed E-state index contributed by atoms with van der Waals surface area (Å²) in [6, 6.07) is 11.8. The third kappa shape index (κ3) is 3.82. The van der Waals surface area contributed by atoms with Crippen molar-refractivity contribution in [3.8, 4) is 11.4 Å². The number of sulfonamides is 1. The predicted molar refractivity (Wildman–Crippen MR) is 119 cm³/mol. The van der Waals surface area contributed by atoms with E-state index in [2.05, 4.69) is 14.9 Å². The number of para-hydroxylation sites is 1. The first kappa shape index (κ1) is 20.8. The number of rotatable bonds is 6. The molecule has 3 aromatic rings. The van der Waals surface area contributed by atoms with Crippen LogP contribution in [0.25, 0.3) is 11.4 Å². The van der Waals surface area contributed by atoms with Crippen LogP contribution in [0, 0.1) is 6.92 Å². The first-order valence-electron chi connectivity index (χ1n) is 10.7. The van der Waals surface area contributed by atoms with Crippen molar-refractivity contribution in [2.75, 3.05) is 11.4 Å². The van der Waals surface area contributed by atoms with Crippen LogP contribution in [0.2, 0.25) is 0 Å². The van der Waals surface area contributed by atoms with Gasteiger partial charge < -0.3 is 9.42 Å². The van der Waals surface area contributed by atoms with Crippen molar-refractivity contribution in [1.82, 2.24) is 14.9 Å². The summed E-state index contributed by atoms with van der Waals surface area (Å²) in [6.07, 6.45) is 2.83. The largest absolute Gasteiger partial charge is 0.339 e. The predicted octanol–water partition coefficient (Wildman–Crippen LogP) is 3.18. The van der Waals surface area contributed by atoms with Gasteiger partial charge in [0.1, 0.15) is 0 Å². The number of nitrogens with zero attached hydrogens (tertiary/aromatic N) is 3. The molecule has 5 rings (SSSR count). The van der Waals surface area contributed by atoms with Crippen molar-refractivity contribution in [3.05, 3.63) is 59.5 Å². The van der Waals surface area contributed by atoms with Crippen molar-refractivity contribution in [2.45, 2.75) is 50.0 Å². The van der Waals surface area contributed by atoms with Crippen LogP contribution in [-0.4, -0.2) is 37.1 Å². The molecule has 2 aromatic carbocycles. The SMILES string of the molecule is Cc1ccc(-c2noc(C3CC3)n2)cc1S(=O)(=O)N[C@@H](C)C(=O)N1CCc2ccccc21. The first-order valence-corrected chi connectivity index (χ1v) is 12.2. The van der Waals surface area contributed by atoms with Crippen LogP contribution in [0.5, 0.6) is 0 Å². The maximum absolute atomic E-state index is 13.2. The standard InChI is InChI=1S/C23H24N4O4S/c1-14-7-8-18(21-24-22(31-25-21)17-9-10-17)13-20(14)32(29,30)26-15(2)23(28)27-12-11-16-5-3-4-6-19(16)27/h3-8,13,15,17,26H,9-12H2,1-2H3/t15-/m0/s1. The molecule has 2 aliphatic rings. The van der Waals surface area contributed by atoms with Crippen LogP contribution in [0.3, 0.4) is 0 Å². The summed E-state index contributed by atoms with van der Waals surface area (Å²) < 4.78 is 34.2. The van der Waals surface area contributed by atoms with E-state index < -0.39 is 16.1 Å². The number of hydrogen-bond acceptors (Lipinski definition) is 6. The summed E-state index contributed by atoms with van der Waals surface area (Å²) in [4.78, 5) is 19.2. The number of anilines is 1. The summed E-state index contributed by atoms with van der Waals surface area (Å²) in [7, 11) is -3.95. The number of aryl methyl sites for hydroxylation is 1. The molecule has 1 atom stereocenters. The third-order valence-corrected chi connectivity index (χ3v) is 7.64. The van der Waals surface area contributed by atoms with E-state index >= 15 is 0 Å². The summed E-state index contributed by atoms with van der Waals surface area (Å²) in [5.41, 5.74) is 3.05. The van der Waals surface area contributed by atoms with Crippen molar-refractivity contribution in [3.63, 3.8) is 0 Å². The third-order valence-electron chi connectivity index (χ3n) is 5.96. The van der Waals surface area contributed by atoms with Crippen LogP contribution >= 0.6 is 0 Å². The van der Waals surface area contributed by atoms with E-state index in [9.17, 15) is 13.2 Å². The van der Waals surface area contributed by atoms with E-state index in [1.807, 2.05) is 24.3 Å². The molecule has 2 heterocycles. The van der Waals surface area contributed by atoms with E-state index in [1.54, 1.807) is 30.9 Å². The minimum absolute atomic E-state index is 0.0919. The molecule has 32 heavy (non-hydrogen) atoms. The average Bonchev–Trinajstić information content (AvgIpc) is 3.34. The molecule has 166 valence electrons. The number of hydrogen-bond donors (Lipinski definition) is 1. The van der Waals surface area contributed by atoms with Gasteiger partial charge in [0, 0.05) is 23.7 Å². The molecule has 9 heteroatoms. The van der Waals surface area contributed by atoms with Gasteiger partial charge in [-0.05, 0) is 56.4 Å². The van der Waals surface area contributed by atoms with Crippen LogP contribution < -0.4 is 9.62 Å². The molecule has 0 bridgehead atoms. The Balaban J connectivity index is 1.37. The van der Waals surface area contributed by atoms with Gasteiger partial charge in [-0.2, -0.15) is 9.71 Å². The highest BCUT2D eigenvalue weighted by Crippen LogP contribution is 2.39. The lowest BCUT2D eigenvalue weighted by molar-refractivity contribution is -0.119. The molecule has 1 aliphatic carbocycles. The van der Waals surface area contributed by atoms with Crippen LogP contribution in [-0.2, 0) is 21.2 Å². The normalized spacial score (nSPS) is 16.8. The summed E-state index contributed by atoms with van der Waals surface area (Å²) in [5, 5.41) is 4.00. The Morgan fingerprint density at radius 1 is 1.22 bits per heavy atom. The molecule has 1 aromatic heterocycles. The van der Waals surface area contributed by atoms with Crippen molar-refractivity contribution < 1.29 is 17.7 Å². The van der Waals surface area contributed by atoms with Gasteiger partial charge in [0.15, 0.2) is 0 Å². The molecule has 1 N–H and O–H groups in total. The Morgan fingerprint density at radius 2 is 2.00 bits per heavy atom. The smallest absolute Gasteiger partial charge is 0.244 e. The maximum Gasteiger partial charge on any atom is 0.244 e. The fraction of sp³-hybridized carbons (Fsp3) is 0.348. The molecule has 0 saturated heterocycles. The summed E-state index contributed by atoms with van der Waals surface area (Å²) >= 11 is 0. The molecule has 1 saturated carbocycles. The highest BCUT2D eigenvalue weighted by molar-refractivity contribution is 7.89. The fourth-order valence-electron chi connectivity index (χ4n) is 4.02. The van der Waals surface area contributed by atoms with Gasteiger partial charge >= 0.3 is 0 Å². The van der Waals surface area contributed by atoms with Crippen molar-refractivity contribution in [2.24, 2.45) is 0 Å². The highest BCUT2D eigenvalue weighted by atomic mass is 32.2. The zero-order chi connectivity index (χ0) is 22.5. The zero-order valence-electron chi connectivity index (χ0n) is 17.9. The van der Waals surface area contributed by atoms with Gasteiger partial charge in [-0.15, -0.1) is 0 Å². The molecule has 0 radical (unpaired) electrons. The fourth-order valence-corrected chi connectivity index (χ4v) is 5.49. The topological polar surface area (TPSA) is 105 Å². The first-order chi connectivity index (χ1) is 15.3. The van der Waals surface area contributed by atoms with E-state index in [-0.39, 0.29) is 10.8 Å². The minimum atomic E-state index is -3.95.